The van der Waals surface area contributed by atoms with Gasteiger partial charge < -0.3 is 19.7 Å². The zero-order chi connectivity index (χ0) is 19.6. The molecule has 0 saturated carbocycles. The van der Waals surface area contributed by atoms with Crippen molar-refractivity contribution in [1.29, 1.82) is 0 Å². The lowest BCUT2D eigenvalue weighted by Crippen LogP contribution is -2.59. The van der Waals surface area contributed by atoms with Crippen LogP contribution in [0.1, 0.15) is 37.6 Å². The summed E-state index contributed by atoms with van der Waals surface area (Å²) in [4.78, 5) is 33.2. The summed E-state index contributed by atoms with van der Waals surface area (Å²) in [7, 11) is 3.80. The molecule has 2 aromatic rings. The second-order valence-corrected chi connectivity index (χ2v) is 7.31. The Kier molecular flexibility index (Phi) is 5.68. The third-order valence-corrected chi connectivity index (χ3v) is 5.42. The summed E-state index contributed by atoms with van der Waals surface area (Å²) in [5.41, 5.74) is 3.00. The first-order chi connectivity index (χ1) is 12.9. The molecule has 1 atom stereocenters. The molecule has 7 nitrogen and oxygen atoms in total. The van der Waals surface area contributed by atoms with E-state index in [1.165, 1.54) is 0 Å². The van der Waals surface area contributed by atoms with Gasteiger partial charge in [0.05, 0.1) is 11.0 Å². The Morgan fingerprint density at radius 3 is 2.81 bits per heavy atom. The molecule has 1 aromatic heterocycles. The number of fused-ring (bicyclic) bond motifs is 1. The van der Waals surface area contributed by atoms with Crippen LogP contribution in [-0.4, -0.2) is 57.5 Å². The number of carbonyl (C=O) groups is 2. The molecule has 0 spiro atoms. The van der Waals surface area contributed by atoms with E-state index in [-0.39, 0.29) is 18.0 Å². The Morgan fingerprint density at radius 2 is 2.07 bits per heavy atom. The van der Waals surface area contributed by atoms with E-state index in [9.17, 15) is 9.59 Å². The predicted molar refractivity (Wildman–Crippen MR) is 105 cm³/mol. The molecule has 1 aromatic carbocycles. The van der Waals surface area contributed by atoms with Crippen LogP contribution in [0.5, 0.6) is 0 Å². The van der Waals surface area contributed by atoms with Crippen molar-refractivity contribution in [2.75, 3.05) is 20.1 Å². The highest BCUT2D eigenvalue weighted by molar-refractivity contribution is 5.88. The number of amides is 3. The minimum atomic E-state index is -0.357. The smallest absolute Gasteiger partial charge is 0.318 e. The number of benzene rings is 1. The van der Waals surface area contributed by atoms with Gasteiger partial charge >= 0.3 is 6.03 Å². The van der Waals surface area contributed by atoms with Gasteiger partial charge in [-0.25, -0.2) is 9.78 Å². The largest absolute Gasteiger partial charge is 0.342 e. The molecule has 3 amide bonds. The zero-order valence-corrected chi connectivity index (χ0v) is 16.7. The van der Waals surface area contributed by atoms with E-state index < -0.39 is 0 Å². The van der Waals surface area contributed by atoms with Crippen molar-refractivity contribution in [3.8, 4) is 0 Å². The summed E-state index contributed by atoms with van der Waals surface area (Å²) < 4.78 is 2.05. The highest BCUT2D eigenvalue weighted by atomic mass is 16.2. The van der Waals surface area contributed by atoms with Crippen LogP contribution in [0.2, 0.25) is 0 Å². The number of hydrogen-bond acceptors (Lipinski definition) is 3. The lowest BCUT2D eigenvalue weighted by molar-refractivity contribution is -0.138. The number of aryl methyl sites for hydroxylation is 2. The summed E-state index contributed by atoms with van der Waals surface area (Å²) in [5.74, 6) is 0.996. The number of nitrogens with zero attached hydrogens (tertiary/aromatic N) is 4. The van der Waals surface area contributed by atoms with E-state index in [1.807, 2.05) is 36.7 Å². The summed E-state index contributed by atoms with van der Waals surface area (Å²) in [6.45, 7) is 5.64. The number of hydrogen-bond donors (Lipinski definition) is 1. The van der Waals surface area contributed by atoms with E-state index in [0.29, 0.717) is 26.1 Å². The van der Waals surface area contributed by atoms with Gasteiger partial charge in [-0.15, -0.1) is 0 Å². The third-order valence-electron chi connectivity index (χ3n) is 5.42. The topological polar surface area (TPSA) is 70.5 Å². The van der Waals surface area contributed by atoms with Crippen LogP contribution in [-0.2, 0) is 18.4 Å². The second-order valence-electron chi connectivity index (χ2n) is 7.31. The molecule has 2 heterocycles. The zero-order valence-electron chi connectivity index (χ0n) is 16.7. The number of piperazine rings is 1. The summed E-state index contributed by atoms with van der Waals surface area (Å²) in [6, 6.07) is 5.51. The number of imidazole rings is 1. The van der Waals surface area contributed by atoms with E-state index in [0.717, 1.165) is 35.3 Å². The fourth-order valence-corrected chi connectivity index (χ4v) is 3.59. The molecule has 0 bridgehead atoms. The van der Waals surface area contributed by atoms with Crippen LogP contribution < -0.4 is 5.32 Å². The number of urea groups is 1. The molecule has 0 aliphatic carbocycles. The van der Waals surface area contributed by atoms with Crippen molar-refractivity contribution in [2.45, 2.75) is 45.7 Å². The first kappa shape index (κ1) is 19.2. The molecule has 7 heteroatoms. The first-order valence-corrected chi connectivity index (χ1v) is 9.63. The molecule has 1 unspecified atom stereocenters. The van der Waals surface area contributed by atoms with Crippen molar-refractivity contribution in [3.05, 3.63) is 29.6 Å². The normalized spacial score (nSPS) is 17.6. The number of carbonyl (C=O) groups excluding carboxylic acids is 2. The highest BCUT2D eigenvalue weighted by Gasteiger charge is 2.35. The highest BCUT2D eigenvalue weighted by Crippen LogP contribution is 2.18. The van der Waals surface area contributed by atoms with Crippen molar-refractivity contribution in [2.24, 2.45) is 7.05 Å². The first-order valence-electron chi connectivity index (χ1n) is 9.63. The van der Waals surface area contributed by atoms with Gasteiger partial charge in [-0.05, 0) is 31.0 Å². The Bertz CT molecular complexity index is 844. The molecule has 1 aliphatic heterocycles. The van der Waals surface area contributed by atoms with Crippen molar-refractivity contribution < 1.29 is 9.59 Å². The maximum Gasteiger partial charge on any atom is 0.318 e. The van der Waals surface area contributed by atoms with Crippen LogP contribution >= 0.6 is 0 Å². The van der Waals surface area contributed by atoms with Crippen LogP contribution in [0.25, 0.3) is 11.0 Å². The average Bonchev–Trinajstić information content (AvgIpc) is 2.94. The monoisotopic (exact) mass is 371 g/mol. The molecule has 1 N–H and O–H groups in total. The van der Waals surface area contributed by atoms with Crippen molar-refractivity contribution >= 4 is 23.0 Å². The van der Waals surface area contributed by atoms with Gasteiger partial charge in [-0.2, -0.15) is 0 Å². The van der Waals surface area contributed by atoms with Gasteiger partial charge in [-0.3, -0.25) is 4.79 Å². The van der Waals surface area contributed by atoms with Crippen LogP contribution in [0.15, 0.2) is 18.2 Å². The Labute approximate surface area is 160 Å². The minimum Gasteiger partial charge on any atom is -0.342 e. The number of likely N-dealkylation sites (N-methyl/N-ethyl adjacent to an activating group) is 1. The van der Waals surface area contributed by atoms with Crippen LogP contribution in [0, 0.1) is 6.92 Å². The number of aromatic nitrogens is 2. The molecule has 1 saturated heterocycles. The predicted octanol–water partition coefficient (Wildman–Crippen LogP) is 2.42. The Balaban J connectivity index is 1.67. The van der Waals surface area contributed by atoms with E-state index >= 15 is 0 Å². The molecular weight excluding hydrogens is 342 g/mol. The van der Waals surface area contributed by atoms with E-state index in [2.05, 4.69) is 17.2 Å². The lowest BCUT2D eigenvalue weighted by atomic mass is 10.0. The lowest BCUT2D eigenvalue weighted by Gasteiger charge is -2.39. The maximum absolute atomic E-state index is 12.7. The molecule has 146 valence electrons. The maximum atomic E-state index is 12.7. The quantitative estimate of drug-likeness (QED) is 0.877. The van der Waals surface area contributed by atoms with Crippen LogP contribution in [0.3, 0.4) is 0 Å². The van der Waals surface area contributed by atoms with Gasteiger partial charge in [0.2, 0.25) is 5.91 Å². The molecule has 27 heavy (non-hydrogen) atoms. The summed E-state index contributed by atoms with van der Waals surface area (Å²) in [5, 5.41) is 2.98. The van der Waals surface area contributed by atoms with Crippen molar-refractivity contribution in [3.63, 3.8) is 0 Å². The number of nitrogens with one attached hydrogen (secondary N) is 1. The molecular formula is C20H29N5O2. The Hall–Kier alpha value is -2.57. The molecule has 1 fully saturated rings. The van der Waals surface area contributed by atoms with Gasteiger partial charge in [0.25, 0.3) is 0 Å². The second kappa shape index (κ2) is 7.98. The molecule has 1 aliphatic rings. The van der Waals surface area contributed by atoms with Crippen molar-refractivity contribution in [1.82, 2.24) is 24.7 Å². The number of unbranched alkanes of at least 4 members (excludes halogenated alkanes) is 1. The fourth-order valence-electron chi connectivity index (χ4n) is 3.59. The number of rotatable bonds is 5. The fraction of sp³-hybridized carbons (Fsp3) is 0.550. The average molecular weight is 371 g/mol. The minimum absolute atomic E-state index is 0.0373. The summed E-state index contributed by atoms with van der Waals surface area (Å²) in [6.07, 6.45) is 2.66. The summed E-state index contributed by atoms with van der Waals surface area (Å²) >= 11 is 0. The van der Waals surface area contributed by atoms with Gasteiger partial charge in [-0.1, -0.05) is 25.8 Å². The molecule has 0 radical (unpaired) electrons. The third kappa shape index (κ3) is 3.91. The SMILES string of the molecule is CCCCC1C(=O)N(C)CCN1C(=O)NCc1ccc2c(c1)nc(C)n2C. The van der Waals surface area contributed by atoms with Gasteiger partial charge in [0.15, 0.2) is 0 Å². The molecule has 3 rings (SSSR count). The van der Waals surface area contributed by atoms with E-state index in [4.69, 9.17) is 0 Å². The Morgan fingerprint density at radius 1 is 1.30 bits per heavy atom. The standard InChI is InChI=1S/C20H29N5O2/c1-5-6-7-18-19(26)23(3)10-11-25(18)20(27)21-13-15-8-9-17-16(12-15)22-14(2)24(17)4/h8-9,12,18H,5-7,10-11,13H2,1-4H3,(H,21,27). The van der Waals surface area contributed by atoms with Gasteiger partial charge in [0, 0.05) is 33.7 Å². The van der Waals surface area contributed by atoms with E-state index in [1.54, 1.807) is 16.8 Å². The van der Waals surface area contributed by atoms with Crippen LogP contribution in [0.4, 0.5) is 4.79 Å². The van der Waals surface area contributed by atoms with Gasteiger partial charge in [0.1, 0.15) is 11.9 Å².